The van der Waals surface area contributed by atoms with Gasteiger partial charge in [0.15, 0.2) is 5.96 Å². The Morgan fingerprint density at radius 3 is 2.63 bits per heavy atom. The molecule has 6 heteroatoms. The highest BCUT2D eigenvalue weighted by molar-refractivity contribution is 6.03. The number of guanidine groups is 1. The minimum atomic E-state index is -0.698. The highest BCUT2D eigenvalue weighted by Crippen LogP contribution is 2.28. The molecule has 0 spiro atoms. The van der Waals surface area contributed by atoms with Crippen molar-refractivity contribution >= 4 is 17.6 Å². The molecule has 0 atom stereocenters. The summed E-state index contributed by atoms with van der Waals surface area (Å²) in [7, 11) is 0. The Bertz CT molecular complexity index is 654. The van der Waals surface area contributed by atoms with Gasteiger partial charge < -0.3 is 21.6 Å². The van der Waals surface area contributed by atoms with Gasteiger partial charge in [-0.05, 0) is 13.0 Å². The molecule has 2 rings (SSSR count). The lowest BCUT2D eigenvalue weighted by Gasteiger charge is -1.98. The van der Waals surface area contributed by atoms with Gasteiger partial charge in [0, 0.05) is 11.6 Å². The summed E-state index contributed by atoms with van der Waals surface area (Å²) in [5.41, 5.74) is 18.1. The largest absolute Gasteiger partial charge is 0.449 e. The monoisotopic (exact) mass is 258 g/mol. The van der Waals surface area contributed by atoms with Crippen molar-refractivity contribution in [3.8, 4) is 11.3 Å². The standard InChI is InChI=1S/C13H14N4O2/c1-7-3-2-4-8(5-7)10-6-9(14)11(19-10)12(18)17-13(15)16/h2-6H,14H2,1H3,(H4,15,16,17,18). The predicted molar refractivity (Wildman–Crippen MR) is 73.4 cm³/mol. The van der Waals surface area contributed by atoms with E-state index in [-0.39, 0.29) is 17.4 Å². The average Bonchev–Trinajstić information content (AvgIpc) is 2.70. The fraction of sp³-hybridized carbons (Fsp3) is 0.0769. The Morgan fingerprint density at radius 1 is 1.26 bits per heavy atom. The molecule has 0 aliphatic rings. The van der Waals surface area contributed by atoms with Gasteiger partial charge in [0.25, 0.3) is 0 Å². The molecule has 0 unspecified atom stereocenters. The van der Waals surface area contributed by atoms with E-state index in [1.807, 2.05) is 31.2 Å². The Hall–Kier alpha value is -2.76. The number of furan rings is 1. The lowest BCUT2D eigenvalue weighted by atomic mass is 10.1. The highest BCUT2D eigenvalue weighted by atomic mass is 16.4. The van der Waals surface area contributed by atoms with Crippen molar-refractivity contribution in [3.05, 3.63) is 41.7 Å². The van der Waals surface area contributed by atoms with Crippen LogP contribution in [-0.4, -0.2) is 11.9 Å². The minimum Gasteiger partial charge on any atom is -0.449 e. The van der Waals surface area contributed by atoms with Crippen LogP contribution in [0, 0.1) is 6.92 Å². The van der Waals surface area contributed by atoms with Gasteiger partial charge in [-0.2, -0.15) is 4.99 Å². The third-order valence-corrected chi connectivity index (χ3v) is 2.49. The maximum Gasteiger partial charge on any atom is 0.318 e. The molecule has 6 nitrogen and oxygen atoms in total. The zero-order chi connectivity index (χ0) is 14.0. The summed E-state index contributed by atoms with van der Waals surface area (Å²) in [6.45, 7) is 1.96. The lowest BCUT2D eigenvalue weighted by molar-refractivity contribution is 0.0978. The van der Waals surface area contributed by atoms with Crippen LogP contribution in [-0.2, 0) is 0 Å². The van der Waals surface area contributed by atoms with Crippen molar-refractivity contribution in [3.63, 3.8) is 0 Å². The SMILES string of the molecule is Cc1cccc(-c2cc(N)c(C(=O)N=C(N)N)o2)c1. The smallest absolute Gasteiger partial charge is 0.318 e. The molecule has 0 saturated heterocycles. The number of carbonyl (C=O) groups is 1. The molecule has 2 aromatic rings. The topological polar surface area (TPSA) is 121 Å². The van der Waals surface area contributed by atoms with Crippen LogP contribution in [0.2, 0.25) is 0 Å². The molecule has 0 saturated carbocycles. The van der Waals surface area contributed by atoms with Crippen LogP contribution in [0.3, 0.4) is 0 Å². The summed E-state index contributed by atoms with van der Waals surface area (Å²) in [6, 6.07) is 9.21. The highest BCUT2D eigenvalue weighted by Gasteiger charge is 2.17. The van der Waals surface area contributed by atoms with Crippen LogP contribution >= 0.6 is 0 Å². The number of rotatable bonds is 2. The maximum absolute atomic E-state index is 11.7. The van der Waals surface area contributed by atoms with Gasteiger partial charge in [-0.3, -0.25) is 4.79 Å². The minimum absolute atomic E-state index is 0.0649. The Morgan fingerprint density at radius 2 is 2.00 bits per heavy atom. The van der Waals surface area contributed by atoms with Crippen molar-refractivity contribution in [2.75, 3.05) is 5.73 Å². The second-order valence-corrected chi connectivity index (χ2v) is 4.11. The van der Waals surface area contributed by atoms with E-state index in [1.165, 1.54) is 0 Å². The summed E-state index contributed by atoms with van der Waals surface area (Å²) in [5.74, 6) is -0.602. The van der Waals surface area contributed by atoms with Crippen molar-refractivity contribution in [1.82, 2.24) is 0 Å². The van der Waals surface area contributed by atoms with E-state index < -0.39 is 5.91 Å². The third-order valence-electron chi connectivity index (χ3n) is 2.49. The first kappa shape index (κ1) is 12.7. The molecular formula is C13H14N4O2. The van der Waals surface area contributed by atoms with Crippen LogP contribution in [0.4, 0.5) is 5.69 Å². The number of amides is 1. The molecule has 0 aliphatic heterocycles. The first-order chi connectivity index (χ1) is 8.97. The maximum atomic E-state index is 11.7. The first-order valence-corrected chi connectivity index (χ1v) is 5.57. The van der Waals surface area contributed by atoms with Crippen LogP contribution in [0.1, 0.15) is 16.1 Å². The summed E-state index contributed by atoms with van der Waals surface area (Å²) < 4.78 is 5.43. The molecule has 0 aliphatic carbocycles. The number of nitrogens with zero attached hydrogens (tertiary/aromatic N) is 1. The van der Waals surface area contributed by atoms with Crippen LogP contribution in [0.5, 0.6) is 0 Å². The van der Waals surface area contributed by atoms with Gasteiger partial charge in [0.05, 0.1) is 5.69 Å². The van der Waals surface area contributed by atoms with E-state index in [1.54, 1.807) is 6.07 Å². The zero-order valence-electron chi connectivity index (χ0n) is 10.4. The van der Waals surface area contributed by atoms with Crippen molar-refractivity contribution in [2.45, 2.75) is 6.92 Å². The molecule has 6 N–H and O–H groups in total. The molecule has 1 heterocycles. The number of aliphatic imine (C=N–C) groups is 1. The first-order valence-electron chi connectivity index (χ1n) is 5.57. The fourth-order valence-corrected chi connectivity index (χ4v) is 1.68. The Labute approximate surface area is 109 Å². The molecule has 19 heavy (non-hydrogen) atoms. The Balaban J connectivity index is 2.42. The van der Waals surface area contributed by atoms with E-state index in [2.05, 4.69) is 4.99 Å². The summed E-state index contributed by atoms with van der Waals surface area (Å²) in [5, 5.41) is 0. The molecule has 98 valence electrons. The van der Waals surface area contributed by atoms with Gasteiger partial charge in [0.2, 0.25) is 5.76 Å². The second kappa shape index (κ2) is 4.85. The second-order valence-electron chi connectivity index (χ2n) is 4.11. The molecule has 1 aromatic heterocycles. The average molecular weight is 258 g/mol. The number of nitrogens with two attached hydrogens (primary N) is 3. The number of nitrogen functional groups attached to an aromatic ring is 1. The summed E-state index contributed by atoms with van der Waals surface area (Å²) >= 11 is 0. The summed E-state index contributed by atoms with van der Waals surface area (Å²) in [6.07, 6.45) is 0. The van der Waals surface area contributed by atoms with E-state index >= 15 is 0 Å². The third kappa shape index (κ3) is 2.74. The molecule has 1 aromatic carbocycles. The van der Waals surface area contributed by atoms with Gasteiger partial charge >= 0.3 is 5.91 Å². The molecule has 1 amide bonds. The number of benzene rings is 1. The van der Waals surface area contributed by atoms with Crippen molar-refractivity contribution in [1.29, 1.82) is 0 Å². The number of anilines is 1. The summed E-state index contributed by atoms with van der Waals surface area (Å²) in [4.78, 5) is 15.1. The fourth-order valence-electron chi connectivity index (χ4n) is 1.68. The number of aryl methyl sites for hydroxylation is 1. The zero-order valence-corrected chi connectivity index (χ0v) is 10.4. The molecule has 0 fully saturated rings. The molecular weight excluding hydrogens is 244 g/mol. The van der Waals surface area contributed by atoms with Gasteiger partial charge in [-0.15, -0.1) is 0 Å². The van der Waals surface area contributed by atoms with Gasteiger partial charge in [-0.25, -0.2) is 0 Å². The van der Waals surface area contributed by atoms with Gasteiger partial charge in [0.1, 0.15) is 5.76 Å². The van der Waals surface area contributed by atoms with Crippen LogP contribution in [0.25, 0.3) is 11.3 Å². The van der Waals surface area contributed by atoms with Gasteiger partial charge in [-0.1, -0.05) is 23.8 Å². The normalized spacial score (nSPS) is 10.2. The number of carbonyl (C=O) groups excluding carboxylic acids is 1. The Kier molecular flexibility index (Phi) is 3.24. The van der Waals surface area contributed by atoms with E-state index in [4.69, 9.17) is 21.6 Å². The number of hydrogen-bond donors (Lipinski definition) is 3. The molecule has 0 bridgehead atoms. The van der Waals surface area contributed by atoms with Crippen LogP contribution in [0.15, 0.2) is 39.7 Å². The molecule has 0 radical (unpaired) electrons. The predicted octanol–water partition coefficient (Wildman–Crippen LogP) is 1.25. The van der Waals surface area contributed by atoms with E-state index in [0.717, 1.165) is 11.1 Å². The lowest BCUT2D eigenvalue weighted by Crippen LogP contribution is -2.24. The quantitative estimate of drug-likeness (QED) is 0.553. The van der Waals surface area contributed by atoms with Crippen LogP contribution < -0.4 is 17.2 Å². The van der Waals surface area contributed by atoms with Crippen molar-refractivity contribution < 1.29 is 9.21 Å². The van der Waals surface area contributed by atoms with Crippen molar-refractivity contribution in [2.24, 2.45) is 16.5 Å². The number of hydrogen-bond acceptors (Lipinski definition) is 3. The van der Waals surface area contributed by atoms with E-state index in [9.17, 15) is 4.79 Å². The van der Waals surface area contributed by atoms with E-state index in [0.29, 0.717) is 5.76 Å².